The summed E-state index contributed by atoms with van der Waals surface area (Å²) in [6.45, 7) is 2.09. The first-order chi connectivity index (χ1) is 7.18. The molecule has 0 aromatic heterocycles. The minimum atomic E-state index is -0.559. The van der Waals surface area contributed by atoms with Crippen molar-refractivity contribution in [2.45, 2.75) is 13.0 Å². The molecule has 78 valence electrons. The summed E-state index contributed by atoms with van der Waals surface area (Å²) in [7, 11) is 0. The molecule has 0 spiro atoms. The lowest BCUT2D eigenvalue weighted by atomic mass is 10.2. The van der Waals surface area contributed by atoms with E-state index in [2.05, 4.69) is 0 Å². The number of amides is 2. The lowest BCUT2D eigenvalue weighted by Gasteiger charge is -2.09. The Morgan fingerprint density at radius 2 is 2.07 bits per heavy atom. The van der Waals surface area contributed by atoms with Crippen LogP contribution in [0.25, 0.3) is 0 Å². The highest BCUT2D eigenvalue weighted by molar-refractivity contribution is 6.03. The molecular formula is C11H11NO3. The van der Waals surface area contributed by atoms with Crippen LogP contribution in [-0.4, -0.2) is 29.5 Å². The van der Waals surface area contributed by atoms with Crippen LogP contribution < -0.4 is 0 Å². The van der Waals surface area contributed by atoms with Gasteiger partial charge in [-0.1, -0.05) is 18.2 Å². The summed E-state index contributed by atoms with van der Waals surface area (Å²) in [5, 5.41) is 0. The molecule has 4 heteroatoms. The number of nitrogens with zero attached hydrogens (tertiary/aromatic N) is 1. The van der Waals surface area contributed by atoms with E-state index in [0.29, 0.717) is 12.1 Å². The second-order valence-corrected chi connectivity index (χ2v) is 3.48. The van der Waals surface area contributed by atoms with Crippen LogP contribution in [0.4, 0.5) is 4.79 Å². The number of carbonyl (C=O) groups excluding carboxylic acids is 2. The molecule has 0 radical (unpaired) electrons. The molecule has 1 saturated heterocycles. The molecular weight excluding hydrogens is 194 g/mol. The molecule has 0 bridgehead atoms. The van der Waals surface area contributed by atoms with Crippen LogP contribution >= 0.6 is 0 Å². The quantitative estimate of drug-likeness (QED) is 0.700. The van der Waals surface area contributed by atoms with Crippen LogP contribution in [0.5, 0.6) is 0 Å². The van der Waals surface area contributed by atoms with E-state index in [1.807, 2.05) is 6.07 Å². The fourth-order valence-corrected chi connectivity index (χ4v) is 1.51. The van der Waals surface area contributed by atoms with E-state index in [-0.39, 0.29) is 12.0 Å². The molecule has 1 aromatic carbocycles. The van der Waals surface area contributed by atoms with Crippen molar-refractivity contribution in [3.63, 3.8) is 0 Å². The number of imide groups is 1. The Bertz CT molecular complexity index is 388. The van der Waals surface area contributed by atoms with Gasteiger partial charge in [0.1, 0.15) is 6.10 Å². The molecule has 1 unspecified atom stereocenters. The van der Waals surface area contributed by atoms with Gasteiger partial charge >= 0.3 is 6.09 Å². The van der Waals surface area contributed by atoms with Crippen molar-refractivity contribution in [1.29, 1.82) is 0 Å². The molecule has 15 heavy (non-hydrogen) atoms. The molecule has 2 rings (SSSR count). The topological polar surface area (TPSA) is 46.6 Å². The zero-order valence-electron chi connectivity index (χ0n) is 8.34. The Morgan fingerprint density at radius 3 is 2.60 bits per heavy atom. The number of benzene rings is 1. The zero-order valence-corrected chi connectivity index (χ0v) is 8.34. The highest BCUT2D eigenvalue weighted by Gasteiger charge is 2.33. The Morgan fingerprint density at radius 1 is 1.40 bits per heavy atom. The molecule has 1 aliphatic rings. The van der Waals surface area contributed by atoms with Gasteiger partial charge in [0.2, 0.25) is 0 Å². The summed E-state index contributed by atoms with van der Waals surface area (Å²) in [5.74, 6) is -0.301. The summed E-state index contributed by atoms with van der Waals surface area (Å²) < 4.78 is 4.88. The van der Waals surface area contributed by atoms with E-state index in [1.54, 1.807) is 31.2 Å². The molecule has 4 nitrogen and oxygen atoms in total. The summed E-state index contributed by atoms with van der Waals surface area (Å²) >= 11 is 0. The average Bonchev–Trinajstić information content (AvgIpc) is 2.58. The largest absolute Gasteiger partial charge is 0.444 e. The second kappa shape index (κ2) is 3.73. The molecule has 0 N–H and O–H groups in total. The lowest BCUT2D eigenvalue weighted by molar-refractivity contribution is 0.0809. The monoisotopic (exact) mass is 205 g/mol. The van der Waals surface area contributed by atoms with Crippen LogP contribution in [0.15, 0.2) is 30.3 Å². The van der Waals surface area contributed by atoms with E-state index in [9.17, 15) is 9.59 Å². The van der Waals surface area contributed by atoms with Crippen molar-refractivity contribution < 1.29 is 14.3 Å². The van der Waals surface area contributed by atoms with Crippen molar-refractivity contribution in [1.82, 2.24) is 4.90 Å². The van der Waals surface area contributed by atoms with Gasteiger partial charge in [0.15, 0.2) is 0 Å². The number of carbonyl (C=O) groups is 2. The molecule has 1 fully saturated rings. The Balaban J connectivity index is 2.19. The summed E-state index contributed by atoms with van der Waals surface area (Å²) in [6, 6.07) is 8.70. The van der Waals surface area contributed by atoms with Gasteiger partial charge < -0.3 is 4.74 Å². The number of hydrogen-bond acceptors (Lipinski definition) is 3. The van der Waals surface area contributed by atoms with E-state index < -0.39 is 6.09 Å². The van der Waals surface area contributed by atoms with Crippen LogP contribution in [0.2, 0.25) is 0 Å². The van der Waals surface area contributed by atoms with Gasteiger partial charge in [-0.25, -0.2) is 9.69 Å². The Hall–Kier alpha value is -1.84. The van der Waals surface area contributed by atoms with Crippen molar-refractivity contribution >= 4 is 12.0 Å². The van der Waals surface area contributed by atoms with Crippen molar-refractivity contribution in [3.8, 4) is 0 Å². The molecule has 1 aliphatic heterocycles. The highest BCUT2D eigenvalue weighted by atomic mass is 16.6. The predicted molar refractivity (Wildman–Crippen MR) is 53.4 cm³/mol. The maximum Gasteiger partial charge on any atom is 0.417 e. The third-order valence-corrected chi connectivity index (χ3v) is 2.23. The highest BCUT2D eigenvalue weighted by Crippen LogP contribution is 2.14. The molecule has 1 aromatic rings. The SMILES string of the molecule is CC1CN(C(=O)c2ccccc2)C(=O)O1. The Labute approximate surface area is 87.4 Å². The Kier molecular flexibility index (Phi) is 2.41. The van der Waals surface area contributed by atoms with Gasteiger partial charge in [-0.05, 0) is 19.1 Å². The standard InChI is InChI=1S/C11H11NO3/c1-8-7-12(11(14)15-8)10(13)9-5-3-2-4-6-9/h2-6,8H,7H2,1H3. The van der Waals surface area contributed by atoms with Gasteiger partial charge in [-0.3, -0.25) is 4.79 Å². The molecule has 0 aliphatic carbocycles. The second-order valence-electron chi connectivity index (χ2n) is 3.48. The molecule has 0 saturated carbocycles. The molecule has 2 amide bonds. The number of cyclic esters (lactones) is 1. The molecule has 1 atom stereocenters. The van der Waals surface area contributed by atoms with Gasteiger partial charge in [-0.2, -0.15) is 0 Å². The normalized spacial score (nSPS) is 20.2. The van der Waals surface area contributed by atoms with Crippen LogP contribution in [0.3, 0.4) is 0 Å². The first-order valence-electron chi connectivity index (χ1n) is 4.76. The fourth-order valence-electron chi connectivity index (χ4n) is 1.51. The van der Waals surface area contributed by atoms with Crippen molar-refractivity contribution in [3.05, 3.63) is 35.9 Å². The van der Waals surface area contributed by atoms with E-state index in [4.69, 9.17) is 4.74 Å². The van der Waals surface area contributed by atoms with Gasteiger partial charge in [0.25, 0.3) is 5.91 Å². The van der Waals surface area contributed by atoms with Crippen LogP contribution in [0, 0.1) is 0 Å². The third kappa shape index (κ3) is 1.83. The minimum Gasteiger partial charge on any atom is -0.444 e. The van der Waals surface area contributed by atoms with Gasteiger partial charge in [-0.15, -0.1) is 0 Å². The first kappa shape index (κ1) is 9.71. The third-order valence-electron chi connectivity index (χ3n) is 2.23. The predicted octanol–water partition coefficient (Wildman–Crippen LogP) is 1.67. The summed E-state index contributed by atoms with van der Waals surface area (Å²) in [4.78, 5) is 24.2. The smallest absolute Gasteiger partial charge is 0.417 e. The van der Waals surface area contributed by atoms with E-state index in [1.165, 1.54) is 0 Å². The van der Waals surface area contributed by atoms with Crippen LogP contribution in [-0.2, 0) is 4.74 Å². The minimum absolute atomic E-state index is 0.217. The van der Waals surface area contributed by atoms with Crippen LogP contribution in [0.1, 0.15) is 17.3 Å². The molecule has 1 heterocycles. The maximum absolute atomic E-state index is 11.8. The van der Waals surface area contributed by atoms with Crippen molar-refractivity contribution in [2.75, 3.05) is 6.54 Å². The number of ether oxygens (including phenoxy) is 1. The van der Waals surface area contributed by atoms with Gasteiger partial charge in [0.05, 0.1) is 6.54 Å². The van der Waals surface area contributed by atoms with E-state index >= 15 is 0 Å². The van der Waals surface area contributed by atoms with E-state index in [0.717, 1.165) is 4.90 Å². The van der Waals surface area contributed by atoms with Gasteiger partial charge in [0, 0.05) is 5.56 Å². The first-order valence-corrected chi connectivity index (χ1v) is 4.76. The number of hydrogen-bond donors (Lipinski definition) is 0. The lowest BCUT2D eigenvalue weighted by Crippen LogP contribution is -2.32. The summed E-state index contributed by atoms with van der Waals surface area (Å²) in [6.07, 6.45) is -0.776. The average molecular weight is 205 g/mol. The number of rotatable bonds is 1. The maximum atomic E-state index is 11.8. The van der Waals surface area contributed by atoms with Crippen molar-refractivity contribution in [2.24, 2.45) is 0 Å². The summed E-state index contributed by atoms with van der Waals surface area (Å²) in [5.41, 5.74) is 0.503. The fraction of sp³-hybridized carbons (Fsp3) is 0.273. The zero-order chi connectivity index (χ0) is 10.8.